The number of nitrogens with one attached hydrogen (secondary N) is 1. The second-order valence-electron chi connectivity index (χ2n) is 6.50. The molecule has 0 spiro atoms. The highest BCUT2D eigenvalue weighted by atomic mass is 16.6. The van der Waals surface area contributed by atoms with E-state index in [1.54, 1.807) is 54.6 Å². The predicted molar refractivity (Wildman–Crippen MR) is 108 cm³/mol. The molecule has 2 heterocycles. The van der Waals surface area contributed by atoms with E-state index < -0.39 is 28.7 Å². The zero-order chi connectivity index (χ0) is 21.1. The Bertz CT molecular complexity index is 1100. The summed E-state index contributed by atoms with van der Waals surface area (Å²) in [5.41, 5.74) is 1.16. The average molecular weight is 404 g/mol. The van der Waals surface area contributed by atoms with Crippen LogP contribution in [-0.4, -0.2) is 28.3 Å². The molecule has 150 valence electrons. The number of carbonyl (C=O) groups excluding carboxylic acids is 2. The third-order valence-corrected chi connectivity index (χ3v) is 4.46. The smallest absolute Gasteiger partial charge is 0.366 e. The maximum Gasteiger partial charge on any atom is 0.366 e. The molecule has 0 aliphatic carbocycles. The van der Waals surface area contributed by atoms with E-state index >= 15 is 0 Å². The van der Waals surface area contributed by atoms with Crippen molar-refractivity contribution >= 4 is 29.1 Å². The Morgan fingerprint density at radius 2 is 1.73 bits per heavy atom. The fraction of sp³-hybridized carbons (Fsp3) is 0.0952. The van der Waals surface area contributed by atoms with Crippen molar-refractivity contribution in [2.45, 2.75) is 6.10 Å². The number of amides is 2. The number of carbonyl (C=O) groups is 2. The monoisotopic (exact) mass is 404 g/mol. The number of hydrogen-bond acceptors (Lipinski definition) is 6. The molecule has 0 bridgehead atoms. The fourth-order valence-electron chi connectivity index (χ4n) is 3.09. The van der Waals surface area contributed by atoms with Crippen LogP contribution in [0, 0.1) is 10.1 Å². The van der Waals surface area contributed by atoms with Crippen molar-refractivity contribution in [2.24, 2.45) is 0 Å². The summed E-state index contributed by atoms with van der Waals surface area (Å²) in [6, 6.07) is 20.1. The van der Waals surface area contributed by atoms with Gasteiger partial charge in [-0.25, -0.2) is 0 Å². The molecule has 9 nitrogen and oxygen atoms in total. The summed E-state index contributed by atoms with van der Waals surface area (Å²) in [5.74, 6) is -1.34. The SMILES string of the molecule is O=C(CN1C(=O)C(c2ccccc2)Oc2ccc([N+](=O)[O-])nc21)Nc1ccccc1. The van der Waals surface area contributed by atoms with E-state index in [9.17, 15) is 19.7 Å². The molecule has 1 aliphatic heterocycles. The Labute approximate surface area is 171 Å². The van der Waals surface area contributed by atoms with Gasteiger partial charge in [-0.1, -0.05) is 48.5 Å². The minimum Gasteiger partial charge on any atom is -0.469 e. The second-order valence-corrected chi connectivity index (χ2v) is 6.50. The van der Waals surface area contributed by atoms with Crippen LogP contribution in [0.3, 0.4) is 0 Å². The molecule has 0 radical (unpaired) electrons. The standard InChI is InChI=1S/C21H16N4O5/c26-18(22-15-9-5-2-6-10-15)13-24-20-16(11-12-17(23-20)25(28)29)30-19(21(24)27)14-7-3-1-4-8-14/h1-12,19H,13H2,(H,22,26). The first-order valence-corrected chi connectivity index (χ1v) is 9.06. The molecule has 4 rings (SSSR count). The summed E-state index contributed by atoms with van der Waals surface area (Å²) in [4.78, 5) is 41.3. The number of nitro groups is 1. The van der Waals surface area contributed by atoms with Crippen molar-refractivity contribution in [2.75, 3.05) is 16.8 Å². The van der Waals surface area contributed by atoms with Crippen molar-refractivity contribution in [1.29, 1.82) is 0 Å². The first kappa shape index (κ1) is 19.1. The van der Waals surface area contributed by atoms with Crippen LogP contribution < -0.4 is 15.0 Å². The second kappa shape index (κ2) is 8.00. The lowest BCUT2D eigenvalue weighted by molar-refractivity contribution is -0.389. The van der Waals surface area contributed by atoms with E-state index in [0.29, 0.717) is 11.3 Å². The van der Waals surface area contributed by atoms with Crippen LogP contribution in [0.1, 0.15) is 11.7 Å². The van der Waals surface area contributed by atoms with E-state index in [1.807, 2.05) is 6.07 Å². The van der Waals surface area contributed by atoms with Crippen molar-refractivity contribution < 1.29 is 19.2 Å². The lowest BCUT2D eigenvalue weighted by Gasteiger charge is -2.30. The Hall–Kier alpha value is -4.27. The minimum atomic E-state index is -0.994. The number of rotatable bonds is 5. The normalized spacial score (nSPS) is 15.1. The van der Waals surface area contributed by atoms with Gasteiger partial charge in [-0.15, -0.1) is 0 Å². The highest BCUT2D eigenvalue weighted by Gasteiger charge is 2.40. The largest absolute Gasteiger partial charge is 0.469 e. The lowest BCUT2D eigenvalue weighted by Crippen LogP contribution is -2.45. The topological polar surface area (TPSA) is 115 Å². The van der Waals surface area contributed by atoms with E-state index in [-0.39, 0.29) is 18.1 Å². The number of para-hydroxylation sites is 1. The van der Waals surface area contributed by atoms with Crippen molar-refractivity contribution in [1.82, 2.24) is 4.98 Å². The molecule has 9 heteroatoms. The Kier molecular flexibility index (Phi) is 5.08. The average Bonchev–Trinajstić information content (AvgIpc) is 2.76. The molecule has 0 saturated heterocycles. The van der Waals surface area contributed by atoms with Crippen molar-refractivity contribution in [3.63, 3.8) is 0 Å². The molecule has 0 saturated carbocycles. The van der Waals surface area contributed by atoms with Gasteiger partial charge >= 0.3 is 5.82 Å². The molecule has 0 fully saturated rings. The molecule has 2 amide bonds. The number of aromatic nitrogens is 1. The zero-order valence-corrected chi connectivity index (χ0v) is 15.6. The maximum absolute atomic E-state index is 13.2. The Balaban J connectivity index is 1.68. The van der Waals surface area contributed by atoms with Crippen LogP contribution in [0.4, 0.5) is 17.3 Å². The summed E-state index contributed by atoms with van der Waals surface area (Å²) in [6.07, 6.45) is -0.994. The van der Waals surface area contributed by atoms with Gasteiger partial charge in [-0.05, 0) is 28.1 Å². The van der Waals surface area contributed by atoms with Crippen LogP contribution in [0.25, 0.3) is 0 Å². The molecular formula is C21H16N4O5. The number of ether oxygens (including phenoxy) is 1. The molecule has 1 atom stereocenters. The molecule has 30 heavy (non-hydrogen) atoms. The van der Waals surface area contributed by atoms with Gasteiger partial charge in [0.15, 0.2) is 5.75 Å². The molecule has 1 N–H and O–H groups in total. The summed E-state index contributed by atoms with van der Waals surface area (Å²) in [7, 11) is 0. The summed E-state index contributed by atoms with van der Waals surface area (Å²) in [6.45, 7) is -0.373. The highest BCUT2D eigenvalue weighted by molar-refractivity contribution is 6.05. The molecular weight excluding hydrogens is 388 g/mol. The lowest BCUT2D eigenvalue weighted by atomic mass is 10.1. The molecule has 3 aromatic rings. The predicted octanol–water partition coefficient (Wildman–Crippen LogP) is 3.10. The van der Waals surface area contributed by atoms with E-state index in [1.165, 1.54) is 12.1 Å². The number of hydrogen-bond donors (Lipinski definition) is 1. The number of pyridine rings is 1. The van der Waals surface area contributed by atoms with Gasteiger partial charge in [-0.2, -0.15) is 0 Å². The number of benzene rings is 2. The van der Waals surface area contributed by atoms with Crippen molar-refractivity contribution in [3.8, 4) is 5.75 Å². The fourth-order valence-corrected chi connectivity index (χ4v) is 3.09. The quantitative estimate of drug-likeness (QED) is 0.516. The van der Waals surface area contributed by atoms with Crippen LogP contribution in [-0.2, 0) is 9.59 Å². The first-order valence-electron chi connectivity index (χ1n) is 9.06. The van der Waals surface area contributed by atoms with E-state index in [0.717, 1.165) is 4.90 Å². The number of nitrogens with zero attached hydrogens (tertiary/aromatic N) is 3. The van der Waals surface area contributed by atoms with Crippen LogP contribution in [0.15, 0.2) is 72.8 Å². The number of fused-ring (bicyclic) bond motifs is 1. The number of anilines is 2. The molecule has 1 unspecified atom stereocenters. The van der Waals surface area contributed by atoms with E-state index in [4.69, 9.17) is 4.74 Å². The van der Waals surface area contributed by atoms with Crippen LogP contribution in [0.5, 0.6) is 5.75 Å². The molecule has 2 aromatic carbocycles. The van der Waals surface area contributed by atoms with Gasteiger partial charge in [0.2, 0.25) is 12.0 Å². The van der Waals surface area contributed by atoms with Gasteiger partial charge in [0.05, 0.1) is 0 Å². The third-order valence-electron chi connectivity index (χ3n) is 4.46. The minimum absolute atomic E-state index is 0.0652. The van der Waals surface area contributed by atoms with Crippen LogP contribution >= 0.6 is 0 Å². The van der Waals surface area contributed by atoms with Crippen LogP contribution in [0.2, 0.25) is 0 Å². The first-order chi connectivity index (χ1) is 14.5. The maximum atomic E-state index is 13.2. The summed E-state index contributed by atoms with van der Waals surface area (Å²) >= 11 is 0. The zero-order valence-electron chi connectivity index (χ0n) is 15.6. The summed E-state index contributed by atoms with van der Waals surface area (Å²) < 4.78 is 5.79. The highest BCUT2D eigenvalue weighted by Crippen LogP contribution is 2.38. The van der Waals surface area contributed by atoms with Gasteiger partial charge in [0.25, 0.3) is 11.7 Å². The Morgan fingerprint density at radius 3 is 2.40 bits per heavy atom. The van der Waals surface area contributed by atoms with Gasteiger partial charge < -0.3 is 20.2 Å². The molecule has 1 aliphatic rings. The van der Waals surface area contributed by atoms with Gasteiger partial charge in [0.1, 0.15) is 6.54 Å². The van der Waals surface area contributed by atoms with Gasteiger partial charge in [-0.3, -0.25) is 14.5 Å². The third kappa shape index (κ3) is 3.81. The Morgan fingerprint density at radius 1 is 1.07 bits per heavy atom. The molecule has 1 aromatic heterocycles. The van der Waals surface area contributed by atoms with Gasteiger partial charge in [0, 0.05) is 17.3 Å². The summed E-state index contributed by atoms with van der Waals surface area (Å²) in [5, 5.41) is 13.8. The van der Waals surface area contributed by atoms with E-state index in [2.05, 4.69) is 10.3 Å². The van der Waals surface area contributed by atoms with Crippen molar-refractivity contribution in [3.05, 3.63) is 88.5 Å².